The van der Waals surface area contributed by atoms with Crippen LogP contribution < -0.4 is 4.72 Å². The lowest BCUT2D eigenvalue weighted by Gasteiger charge is -2.24. The molecule has 0 spiro atoms. The Hall–Kier alpha value is -1.65. The zero-order chi connectivity index (χ0) is 19.2. The summed E-state index contributed by atoms with van der Waals surface area (Å²) in [6.45, 7) is 6.40. The van der Waals surface area contributed by atoms with E-state index in [0.717, 1.165) is 31.2 Å². The average molecular weight is 384 g/mol. The van der Waals surface area contributed by atoms with Gasteiger partial charge in [0.15, 0.2) is 0 Å². The van der Waals surface area contributed by atoms with E-state index in [1.165, 1.54) is 11.1 Å². The Labute approximate surface area is 163 Å². The zero-order valence-corrected chi connectivity index (χ0v) is 17.2. The lowest BCUT2D eigenvalue weighted by atomic mass is 9.87. The molecule has 2 aliphatic carbocycles. The van der Waals surface area contributed by atoms with Gasteiger partial charge < -0.3 is 0 Å². The minimum atomic E-state index is -3.50. The largest absolute Gasteiger partial charge is 0.240 e. The fraction of sp³-hybridized carbons (Fsp3) is 0.478. The monoisotopic (exact) mass is 383 g/mol. The first-order valence-corrected chi connectivity index (χ1v) is 11.4. The van der Waals surface area contributed by atoms with Gasteiger partial charge in [-0.2, -0.15) is 0 Å². The van der Waals surface area contributed by atoms with Crippen molar-refractivity contribution in [2.45, 2.75) is 62.8 Å². The Kier molecular flexibility index (Phi) is 4.68. The van der Waals surface area contributed by atoms with Gasteiger partial charge in [0.2, 0.25) is 10.0 Å². The van der Waals surface area contributed by atoms with Gasteiger partial charge in [-0.25, -0.2) is 13.1 Å². The molecular formula is C23H29NO2S. The van der Waals surface area contributed by atoms with Crippen LogP contribution in [0.1, 0.15) is 50.3 Å². The van der Waals surface area contributed by atoms with Crippen LogP contribution in [0.3, 0.4) is 0 Å². The number of hydrogen-bond acceptors (Lipinski definition) is 2. The molecule has 0 aromatic heterocycles. The fourth-order valence-electron chi connectivity index (χ4n) is 4.72. The first kappa shape index (κ1) is 18.7. The van der Waals surface area contributed by atoms with Gasteiger partial charge in [0.1, 0.15) is 0 Å². The third kappa shape index (κ3) is 3.70. The SMILES string of the molecule is CC(C)(C)c1ccc(S(=O)(=O)NC2C3CCC2Cc2ccccc2C3)cc1. The summed E-state index contributed by atoms with van der Waals surface area (Å²) >= 11 is 0. The van der Waals surface area contributed by atoms with Crippen molar-refractivity contribution in [3.05, 3.63) is 65.2 Å². The molecule has 3 nitrogen and oxygen atoms in total. The number of benzene rings is 2. The zero-order valence-electron chi connectivity index (χ0n) is 16.4. The van der Waals surface area contributed by atoms with Crippen LogP contribution in [0.15, 0.2) is 53.4 Å². The molecule has 144 valence electrons. The summed E-state index contributed by atoms with van der Waals surface area (Å²) in [5.74, 6) is 0.782. The molecule has 2 bridgehead atoms. The van der Waals surface area contributed by atoms with E-state index in [1.54, 1.807) is 12.1 Å². The summed E-state index contributed by atoms with van der Waals surface area (Å²) < 4.78 is 29.2. The van der Waals surface area contributed by atoms with Crippen LogP contribution in [0, 0.1) is 11.8 Å². The highest BCUT2D eigenvalue weighted by molar-refractivity contribution is 7.89. The van der Waals surface area contributed by atoms with Crippen LogP contribution in [-0.4, -0.2) is 14.5 Å². The maximum Gasteiger partial charge on any atom is 0.240 e. The quantitative estimate of drug-likeness (QED) is 0.851. The molecule has 0 aliphatic heterocycles. The van der Waals surface area contributed by atoms with E-state index < -0.39 is 10.0 Å². The lowest BCUT2D eigenvalue weighted by molar-refractivity contribution is 0.386. The molecule has 1 fully saturated rings. The second-order valence-corrected chi connectivity index (χ2v) is 10.9. The van der Waals surface area contributed by atoms with Gasteiger partial charge >= 0.3 is 0 Å². The van der Waals surface area contributed by atoms with Crippen molar-refractivity contribution in [3.63, 3.8) is 0 Å². The first-order valence-electron chi connectivity index (χ1n) is 9.94. The molecule has 4 rings (SSSR count). The van der Waals surface area contributed by atoms with E-state index in [2.05, 4.69) is 49.8 Å². The average Bonchev–Trinajstić information content (AvgIpc) is 2.88. The number of fused-ring (bicyclic) bond motifs is 3. The van der Waals surface area contributed by atoms with Gasteiger partial charge in [0.25, 0.3) is 0 Å². The molecule has 0 heterocycles. The van der Waals surface area contributed by atoms with Crippen LogP contribution in [0.4, 0.5) is 0 Å². The first-order chi connectivity index (χ1) is 12.7. The van der Waals surface area contributed by atoms with Crippen molar-refractivity contribution >= 4 is 10.0 Å². The minimum absolute atomic E-state index is 0.0158. The molecule has 1 saturated carbocycles. The van der Waals surface area contributed by atoms with Crippen LogP contribution in [0.25, 0.3) is 0 Å². The van der Waals surface area contributed by atoms with Crippen LogP contribution in [0.5, 0.6) is 0 Å². The predicted molar refractivity (Wildman–Crippen MR) is 109 cm³/mol. The summed E-state index contributed by atoms with van der Waals surface area (Å²) in [7, 11) is -3.50. The van der Waals surface area contributed by atoms with Crippen LogP contribution in [0.2, 0.25) is 0 Å². The molecule has 0 amide bonds. The third-order valence-corrected chi connectivity index (χ3v) is 7.80. The van der Waals surface area contributed by atoms with E-state index >= 15 is 0 Å². The van der Waals surface area contributed by atoms with Gasteiger partial charge in [-0.05, 0) is 71.8 Å². The summed E-state index contributed by atoms with van der Waals surface area (Å²) in [5.41, 5.74) is 3.94. The molecular weight excluding hydrogens is 354 g/mol. The van der Waals surface area contributed by atoms with Crippen molar-refractivity contribution in [1.82, 2.24) is 4.72 Å². The van der Waals surface area contributed by atoms with Crippen molar-refractivity contribution < 1.29 is 8.42 Å². The molecule has 1 N–H and O–H groups in total. The lowest BCUT2D eigenvalue weighted by Crippen LogP contribution is -2.41. The fourth-order valence-corrected chi connectivity index (χ4v) is 6.10. The number of nitrogens with one attached hydrogen (secondary N) is 1. The Morgan fingerprint density at radius 2 is 1.37 bits per heavy atom. The van der Waals surface area contributed by atoms with Gasteiger partial charge in [-0.15, -0.1) is 0 Å². The Morgan fingerprint density at radius 3 is 1.85 bits per heavy atom. The summed E-state index contributed by atoms with van der Waals surface area (Å²) in [4.78, 5) is 0.372. The number of sulfonamides is 1. The molecule has 2 aliphatic rings. The topological polar surface area (TPSA) is 46.2 Å². The molecule has 2 aromatic carbocycles. The van der Waals surface area contributed by atoms with Crippen molar-refractivity contribution in [2.75, 3.05) is 0 Å². The molecule has 0 saturated heterocycles. The summed E-state index contributed by atoms with van der Waals surface area (Å²) in [6.07, 6.45) is 4.16. The summed E-state index contributed by atoms with van der Waals surface area (Å²) in [5, 5.41) is 0. The van der Waals surface area contributed by atoms with E-state index in [-0.39, 0.29) is 11.5 Å². The highest BCUT2D eigenvalue weighted by Gasteiger charge is 2.41. The molecule has 4 heteroatoms. The van der Waals surface area contributed by atoms with E-state index in [4.69, 9.17) is 0 Å². The molecule has 2 unspecified atom stereocenters. The Morgan fingerprint density at radius 1 is 0.852 bits per heavy atom. The van der Waals surface area contributed by atoms with Crippen molar-refractivity contribution in [3.8, 4) is 0 Å². The molecule has 2 aromatic rings. The highest BCUT2D eigenvalue weighted by atomic mass is 32.2. The molecule has 27 heavy (non-hydrogen) atoms. The maximum atomic E-state index is 13.1. The van der Waals surface area contributed by atoms with Gasteiger partial charge in [-0.3, -0.25) is 0 Å². The standard InChI is InChI=1S/C23H29NO2S/c1-23(2,3)20-10-12-21(13-11-20)27(25,26)24-22-18-8-9-19(22)15-17-7-5-4-6-16(17)14-18/h4-7,10-13,18-19,22,24H,8-9,14-15H2,1-3H3. The second-order valence-electron chi connectivity index (χ2n) is 9.20. The van der Waals surface area contributed by atoms with Crippen LogP contribution >= 0.6 is 0 Å². The number of hydrogen-bond donors (Lipinski definition) is 1. The van der Waals surface area contributed by atoms with Crippen molar-refractivity contribution in [2.24, 2.45) is 11.8 Å². The minimum Gasteiger partial charge on any atom is -0.207 e. The maximum absolute atomic E-state index is 13.1. The third-order valence-electron chi connectivity index (χ3n) is 6.33. The van der Waals surface area contributed by atoms with E-state index in [0.29, 0.717) is 16.7 Å². The van der Waals surface area contributed by atoms with Crippen LogP contribution in [-0.2, 0) is 28.3 Å². The van der Waals surface area contributed by atoms with Gasteiger partial charge in [0.05, 0.1) is 4.90 Å². The normalized spacial score (nSPS) is 25.1. The highest BCUT2D eigenvalue weighted by Crippen LogP contribution is 2.40. The van der Waals surface area contributed by atoms with Gasteiger partial charge in [-0.1, -0.05) is 57.2 Å². The predicted octanol–water partition coefficient (Wildman–Crippen LogP) is 4.46. The Balaban J connectivity index is 1.57. The van der Waals surface area contributed by atoms with E-state index in [1.807, 2.05) is 12.1 Å². The smallest absolute Gasteiger partial charge is 0.207 e. The Bertz CT molecular complexity index is 893. The van der Waals surface area contributed by atoms with E-state index in [9.17, 15) is 8.42 Å². The molecule has 0 radical (unpaired) electrons. The molecule has 2 atom stereocenters. The second kappa shape index (κ2) is 6.75. The summed E-state index contributed by atoms with van der Waals surface area (Å²) in [6, 6.07) is 16.0. The van der Waals surface area contributed by atoms with Gasteiger partial charge in [0, 0.05) is 6.04 Å². The van der Waals surface area contributed by atoms with Crippen molar-refractivity contribution in [1.29, 1.82) is 0 Å². The number of rotatable bonds is 3.